The summed E-state index contributed by atoms with van der Waals surface area (Å²) >= 11 is 0. The molecular formula is C30H24N2O8. The highest BCUT2D eigenvalue weighted by molar-refractivity contribution is 6.25. The number of methoxy groups -OCH3 is 1. The zero-order chi connectivity index (χ0) is 28.5. The molecule has 2 amide bonds. The molecule has 0 bridgehead atoms. The van der Waals surface area contributed by atoms with E-state index in [1.165, 1.54) is 37.5 Å². The molecule has 3 aliphatic carbocycles. The third kappa shape index (κ3) is 3.55. The number of non-ortho nitro benzene ring substituents is 1. The zero-order valence-electron chi connectivity index (χ0n) is 21.6. The number of anilines is 1. The summed E-state index contributed by atoms with van der Waals surface area (Å²) in [6, 6.07) is 10.3. The van der Waals surface area contributed by atoms with Gasteiger partial charge in [0.1, 0.15) is 0 Å². The first-order valence-corrected chi connectivity index (χ1v) is 12.8. The van der Waals surface area contributed by atoms with E-state index in [1.807, 2.05) is 6.08 Å². The molecule has 202 valence electrons. The largest absolute Gasteiger partial charge is 0.504 e. The first kappa shape index (κ1) is 25.4. The van der Waals surface area contributed by atoms with Crippen LogP contribution in [-0.4, -0.2) is 40.5 Å². The molecule has 4 atom stereocenters. The van der Waals surface area contributed by atoms with Gasteiger partial charge in [-0.1, -0.05) is 29.8 Å². The molecule has 40 heavy (non-hydrogen) atoms. The highest BCUT2D eigenvalue weighted by Crippen LogP contribution is 2.57. The standard InChI is InChI=1S/C30H24N2O8/c1-14-11-22(33)21-13-20-17(24(26(21)27(14)34)18-7-4-8-23(40-2)28(18)35)9-10-19-25(20)30(37)31(29(19)36)15-5-3-6-16(12-15)32(38)39/h3-9,11-12,19-20,24-25,35H,10,13H2,1-2H3. The fourth-order valence-electron chi connectivity index (χ4n) is 6.65. The average Bonchev–Trinajstić information content (AvgIpc) is 3.20. The molecule has 1 N–H and O–H groups in total. The molecule has 1 fully saturated rings. The van der Waals surface area contributed by atoms with Crippen LogP contribution in [0.3, 0.4) is 0 Å². The highest BCUT2D eigenvalue weighted by atomic mass is 16.6. The third-order valence-corrected chi connectivity index (χ3v) is 8.42. The fraction of sp³-hybridized carbons (Fsp3) is 0.267. The number of nitrogens with zero attached hydrogens (tertiary/aromatic N) is 2. The van der Waals surface area contributed by atoms with E-state index in [9.17, 15) is 34.4 Å². The molecule has 4 unspecified atom stereocenters. The molecule has 1 heterocycles. The fourth-order valence-corrected chi connectivity index (χ4v) is 6.65. The van der Waals surface area contributed by atoms with Crippen molar-refractivity contribution in [2.24, 2.45) is 17.8 Å². The van der Waals surface area contributed by atoms with E-state index in [2.05, 4.69) is 0 Å². The number of nitro groups is 1. The Labute approximate surface area is 228 Å². The van der Waals surface area contributed by atoms with Gasteiger partial charge in [0.2, 0.25) is 11.8 Å². The number of amides is 2. The normalized spacial score (nSPS) is 25.7. The Morgan fingerprint density at radius 1 is 1.05 bits per heavy atom. The molecule has 4 aliphatic rings. The van der Waals surface area contributed by atoms with Gasteiger partial charge in [0.05, 0.1) is 29.6 Å². The second kappa shape index (κ2) is 9.11. The van der Waals surface area contributed by atoms with Crippen LogP contribution in [0.5, 0.6) is 11.5 Å². The molecule has 10 heteroatoms. The van der Waals surface area contributed by atoms with Gasteiger partial charge in [-0.3, -0.25) is 29.3 Å². The lowest BCUT2D eigenvalue weighted by molar-refractivity contribution is -0.384. The monoisotopic (exact) mass is 540 g/mol. The summed E-state index contributed by atoms with van der Waals surface area (Å²) in [7, 11) is 1.41. The van der Waals surface area contributed by atoms with Gasteiger partial charge in [-0.2, -0.15) is 0 Å². The third-order valence-electron chi connectivity index (χ3n) is 8.42. The number of ketones is 2. The van der Waals surface area contributed by atoms with Gasteiger partial charge in [0.15, 0.2) is 23.1 Å². The number of carbonyl (C=O) groups excluding carboxylic acids is 4. The van der Waals surface area contributed by atoms with Crippen LogP contribution in [0.15, 0.2) is 76.9 Å². The van der Waals surface area contributed by atoms with E-state index in [-0.39, 0.29) is 64.0 Å². The lowest BCUT2D eigenvalue weighted by atomic mass is 9.59. The van der Waals surface area contributed by atoms with Crippen LogP contribution in [-0.2, 0) is 19.2 Å². The van der Waals surface area contributed by atoms with Gasteiger partial charge in [-0.25, -0.2) is 4.90 Å². The van der Waals surface area contributed by atoms with Gasteiger partial charge in [-0.15, -0.1) is 0 Å². The van der Waals surface area contributed by atoms with E-state index in [0.717, 1.165) is 4.90 Å². The van der Waals surface area contributed by atoms with Crippen LogP contribution in [0.1, 0.15) is 31.2 Å². The minimum Gasteiger partial charge on any atom is -0.504 e. The Morgan fingerprint density at radius 3 is 2.52 bits per heavy atom. The maximum Gasteiger partial charge on any atom is 0.271 e. The quantitative estimate of drug-likeness (QED) is 0.202. The molecule has 0 spiro atoms. The number of rotatable bonds is 4. The van der Waals surface area contributed by atoms with Crippen molar-refractivity contribution >= 4 is 34.8 Å². The zero-order valence-corrected chi connectivity index (χ0v) is 21.6. The van der Waals surface area contributed by atoms with E-state index >= 15 is 0 Å². The summed E-state index contributed by atoms with van der Waals surface area (Å²) in [5.41, 5.74) is 1.72. The number of hydrogen-bond acceptors (Lipinski definition) is 8. The number of ether oxygens (including phenoxy) is 1. The number of nitro benzene ring substituents is 1. The minimum absolute atomic E-state index is 0.0831. The Hall–Kier alpha value is -4.86. The second-order valence-corrected chi connectivity index (χ2v) is 10.4. The number of Topliss-reactive ketones (excluding diaryl/α,β-unsaturated/α-hetero) is 1. The number of imide groups is 1. The summed E-state index contributed by atoms with van der Waals surface area (Å²) < 4.78 is 5.31. The van der Waals surface area contributed by atoms with Gasteiger partial charge < -0.3 is 9.84 Å². The molecule has 6 rings (SSSR count). The molecule has 1 aliphatic heterocycles. The van der Waals surface area contributed by atoms with Crippen LogP contribution in [0, 0.1) is 27.9 Å². The summed E-state index contributed by atoms with van der Waals surface area (Å²) in [6.45, 7) is 1.57. The van der Waals surface area contributed by atoms with Crippen LogP contribution >= 0.6 is 0 Å². The first-order valence-electron chi connectivity index (χ1n) is 12.8. The maximum absolute atomic E-state index is 13.9. The molecule has 0 saturated carbocycles. The van der Waals surface area contributed by atoms with E-state index < -0.39 is 40.4 Å². The highest BCUT2D eigenvalue weighted by Gasteiger charge is 2.57. The number of benzene rings is 2. The summed E-state index contributed by atoms with van der Waals surface area (Å²) in [6.07, 6.45) is 3.41. The first-order chi connectivity index (χ1) is 19.1. The topological polar surface area (TPSA) is 144 Å². The SMILES string of the molecule is COc1cccc(C2C3=CCC4C(=O)N(c5cccc([N+](=O)[O-])c5)C(=O)C4C3CC3=C2C(=O)C(C)=CC3=O)c1O. The number of para-hydroxylation sites is 1. The number of aromatic hydroxyl groups is 1. The predicted octanol–water partition coefficient (Wildman–Crippen LogP) is 3.94. The van der Waals surface area contributed by atoms with Crippen molar-refractivity contribution in [3.63, 3.8) is 0 Å². The van der Waals surface area contributed by atoms with Crippen LogP contribution in [0.4, 0.5) is 11.4 Å². The molecule has 0 radical (unpaired) electrons. The van der Waals surface area contributed by atoms with Crippen molar-refractivity contribution in [1.29, 1.82) is 0 Å². The van der Waals surface area contributed by atoms with Crippen molar-refractivity contribution in [2.75, 3.05) is 12.0 Å². The number of phenolic OH excluding ortho intramolecular Hbond substituents is 1. The average molecular weight is 541 g/mol. The molecule has 10 nitrogen and oxygen atoms in total. The number of fused-ring (bicyclic) bond motifs is 3. The molecular weight excluding hydrogens is 516 g/mol. The van der Waals surface area contributed by atoms with Crippen molar-refractivity contribution < 1.29 is 33.9 Å². The second-order valence-electron chi connectivity index (χ2n) is 10.4. The Kier molecular flexibility index (Phi) is 5.79. The Bertz CT molecular complexity index is 1650. The summed E-state index contributed by atoms with van der Waals surface area (Å²) in [4.78, 5) is 65.9. The Balaban J connectivity index is 1.49. The van der Waals surface area contributed by atoms with Gasteiger partial charge in [-0.05, 0) is 43.9 Å². The van der Waals surface area contributed by atoms with E-state index in [1.54, 1.807) is 25.1 Å². The molecule has 2 aromatic carbocycles. The van der Waals surface area contributed by atoms with Crippen molar-refractivity contribution in [2.45, 2.75) is 25.7 Å². The van der Waals surface area contributed by atoms with Crippen molar-refractivity contribution in [3.8, 4) is 11.5 Å². The smallest absolute Gasteiger partial charge is 0.271 e. The Morgan fingerprint density at radius 2 is 1.80 bits per heavy atom. The summed E-state index contributed by atoms with van der Waals surface area (Å²) in [5.74, 6) is -4.59. The number of allylic oxidation sites excluding steroid dienone is 6. The predicted molar refractivity (Wildman–Crippen MR) is 142 cm³/mol. The van der Waals surface area contributed by atoms with E-state index in [4.69, 9.17) is 4.74 Å². The molecule has 0 aromatic heterocycles. The number of phenols is 1. The van der Waals surface area contributed by atoms with Crippen molar-refractivity contribution in [3.05, 3.63) is 92.6 Å². The van der Waals surface area contributed by atoms with E-state index in [0.29, 0.717) is 11.1 Å². The molecule has 2 aromatic rings. The van der Waals surface area contributed by atoms with Gasteiger partial charge in [0, 0.05) is 40.3 Å². The van der Waals surface area contributed by atoms with Crippen LogP contribution in [0.2, 0.25) is 0 Å². The minimum atomic E-state index is -0.842. The number of carbonyl (C=O) groups is 4. The number of hydrogen-bond donors (Lipinski definition) is 1. The van der Waals surface area contributed by atoms with Gasteiger partial charge in [0.25, 0.3) is 5.69 Å². The maximum atomic E-state index is 13.9. The van der Waals surface area contributed by atoms with Crippen LogP contribution < -0.4 is 9.64 Å². The van der Waals surface area contributed by atoms with Crippen LogP contribution in [0.25, 0.3) is 0 Å². The van der Waals surface area contributed by atoms with Crippen molar-refractivity contribution in [1.82, 2.24) is 0 Å². The van der Waals surface area contributed by atoms with Gasteiger partial charge >= 0.3 is 0 Å². The molecule has 1 saturated heterocycles. The lowest BCUT2D eigenvalue weighted by Gasteiger charge is -2.42. The lowest BCUT2D eigenvalue weighted by Crippen LogP contribution is -2.39. The summed E-state index contributed by atoms with van der Waals surface area (Å²) in [5, 5.41) is 22.5.